The van der Waals surface area contributed by atoms with Crippen molar-refractivity contribution in [3.8, 4) is 0 Å². The van der Waals surface area contributed by atoms with Crippen molar-refractivity contribution >= 4 is 40.6 Å². The van der Waals surface area contributed by atoms with Crippen LogP contribution in [-0.4, -0.2) is 43.0 Å². The van der Waals surface area contributed by atoms with Crippen molar-refractivity contribution in [2.45, 2.75) is 0 Å². The summed E-state index contributed by atoms with van der Waals surface area (Å²) < 4.78 is 0. The highest BCUT2D eigenvalue weighted by Gasteiger charge is 2.12. The van der Waals surface area contributed by atoms with Crippen molar-refractivity contribution in [3.63, 3.8) is 0 Å². The van der Waals surface area contributed by atoms with Gasteiger partial charge in [0.2, 0.25) is 0 Å². The summed E-state index contributed by atoms with van der Waals surface area (Å²) in [4.78, 5) is 18.6. The van der Waals surface area contributed by atoms with Crippen LogP contribution in [0.25, 0.3) is 0 Å². The second kappa shape index (κ2) is 8.15. The Labute approximate surface area is 145 Å². The van der Waals surface area contributed by atoms with Crippen LogP contribution in [0.1, 0.15) is 10.4 Å². The highest BCUT2D eigenvalue weighted by atomic mass is 35.5. The number of amides is 1. The summed E-state index contributed by atoms with van der Waals surface area (Å²) in [6.07, 6.45) is 1.58. The molecular weight excluding hydrogens is 335 g/mol. The third kappa shape index (κ3) is 5.10. The maximum Gasteiger partial charge on any atom is 0.255 e. The van der Waals surface area contributed by atoms with Crippen LogP contribution in [0, 0.1) is 0 Å². The molecule has 2 rings (SSSR count). The molecule has 23 heavy (non-hydrogen) atoms. The molecule has 2 N–H and O–H groups in total. The summed E-state index contributed by atoms with van der Waals surface area (Å²) in [5, 5.41) is 6.69. The van der Waals surface area contributed by atoms with Crippen molar-refractivity contribution in [1.82, 2.24) is 9.88 Å². The van der Waals surface area contributed by atoms with Crippen LogP contribution >= 0.6 is 23.2 Å². The molecule has 1 aromatic carbocycles. The minimum Gasteiger partial charge on any atom is -0.369 e. The second-order valence-electron chi connectivity index (χ2n) is 5.21. The number of rotatable bonds is 6. The van der Waals surface area contributed by atoms with E-state index in [-0.39, 0.29) is 5.91 Å². The zero-order valence-electron chi connectivity index (χ0n) is 12.9. The van der Waals surface area contributed by atoms with Crippen LogP contribution in [0.5, 0.6) is 0 Å². The average Bonchev–Trinajstić information content (AvgIpc) is 2.51. The van der Waals surface area contributed by atoms with Gasteiger partial charge in [0, 0.05) is 24.8 Å². The molecule has 0 aliphatic rings. The Morgan fingerprint density at radius 1 is 1.22 bits per heavy atom. The number of hydrogen-bond donors (Lipinski definition) is 2. The first-order valence-corrected chi connectivity index (χ1v) is 7.83. The first-order chi connectivity index (χ1) is 11.0. The number of hydrogen-bond acceptors (Lipinski definition) is 4. The van der Waals surface area contributed by atoms with Crippen molar-refractivity contribution in [2.24, 2.45) is 0 Å². The molecule has 0 saturated carbocycles. The summed E-state index contributed by atoms with van der Waals surface area (Å²) >= 11 is 12.1. The number of benzene rings is 1. The molecule has 0 radical (unpaired) electrons. The van der Waals surface area contributed by atoms with E-state index in [0.29, 0.717) is 27.1 Å². The predicted molar refractivity (Wildman–Crippen MR) is 95.7 cm³/mol. The largest absolute Gasteiger partial charge is 0.369 e. The van der Waals surface area contributed by atoms with E-state index in [4.69, 9.17) is 23.2 Å². The number of anilines is 2. The molecule has 0 saturated heterocycles. The van der Waals surface area contributed by atoms with E-state index in [2.05, 4.69) is 20.5 Å². The van der Waals surface area contributed by atoms with Crippen LogP contribution in [0.4, 0.5) is 11.5 Å². The number of carbonyl (C=O) groups is 1. The first-order valence-electron chi connectivity index (χ1n) is 7.07. The average molecular weight is 353 g/mol. The Morgan fingerprint density at radius 2 is 1.91 bits per heavy atom. The van der Waals surface area contributed by atoms with Gasteiger partial charge in [0.25, 0.3) is 5.91 Å². The lowest BCUT2D eigenvalue weighted by molar-refractivity contribution is 0.102. The molecule has 0 fully saturated rings. The van der Waals surface area contributed by atoms with Crippen LogP contribution in [0.3, 0.4) is 0 Å². The monoisotopic (exact) mass is 352 g/mol. The fourth-order valence-corrected chi connectivity index (χ4v) is 2.37. The van der Waals surface area contributed by atoms with E-state index in [1.165, 1.54) is 0 Å². The summed E-state index contributed by atoms with van der Waals surface area (Å²) in [5.74, 6) is 0.350. The standard InChI is InChI=1S/C16H18Cl2N4O/c1-22(2)9-8-20-14-10-11(6-7-19-14)16(23)21-15-12(17)4-3-5-13(15)18/h3-7,10H,8-9H2,1-2H3,(H,19,20)(H,21,23). The van der Waals surface area contributed by atoms with Crippen molar-refractivity contribution in [3.05, 3.63) is 52.1 Å². The molecule has 1 amide bonds. The molecule has 2 aromatic rings. The molecule has 0 atom stereocenters. The smallest absolute Gasteiger partial charge is 0.255 e. The molecule has 0 bridgehead atoms. The van der Waals surface area contributed by atoms with E-state index in [9.17, 15) is 4.79 Å². The molecule has 1 aromatic heterocycles. The zero-order chi connectivity index (χ0) is 16.8. The van der Waals surface area contributed by atoms with E-state index >= 15 is 0 Å². The highest BCUT2D eigenvalue weighted by molar-refractivity contribution is 6.40. The number of nitrogens with zero attached hydrogens (tertiary/aromatic N) is 2. The topological polar surface area (TPSA) is 57.3 Å². The van der Waals surface area contributed by atoms with Crippen molar-refractivity contribution in [1.29, 1.82) is 0 Å². The van der Waals surface area contributed by atoms with E-state index in [0.717, 1.165) is 13.1 Å². The molecule has 7 heteroatoms. The van der Waals surface area contributed by atoms with Crippen LogP contribution in [0.2, 0.25) is 10.0 Å². The van der Waals surface area contributed by atoms with Gasteiger partial charge in [0.1, 0.15) is 5.82 Å². The Kier molecular flexibility index (Phi) is 6.21. The number of likely N-dealkylation sites (N-methyl/N-ethyl adjacent to an activating group) is 1. The lowest BCUT2D eigenvalue weighted by Gasteiger charge is -2.12. The maximum absolute atomic E-state index is 12.4. The number of pyridine rings is 1. The highest BCUT2D eigenvalue weighted by Crippen LogP contribution is 2.30. The van der Waals surface area contributed by atoms with Gasteiger partial charge in [-0.1, -0.05) is 29.3 Å². The first kappa shape index (κ1) is 17.5. The number of halogens is 2. The van der Waals surface area contributed by atoms with Gasteiger partial charge in [-0.25, -0.2) is 4.98 Å². The Balaban J connectivity index is 2.08. The Morgan fingerprint density at radius 3 is 2.57 bits per heavy atom. The van der Waals surface area contributed by atoms with Gasteiger partial charge in [-0.3, -0.25) is 4.79 Å². The molecule has 0 unspecified atom stereocenters. The van der Waals surface area contributed by atoms with Crippen LogP contribution in [-0.2, 0) is 0 Å². The molecule has 0 aliphatic heterocycles. The summed E-state index contributed by atoms with van der Waals surface area (Å²) in [5.41, 5.74) is 0.878. The van der Waals surface area contributed by atoms with Gasteiger partial charge in [0.15, 0.2) is 0 Å². The Hall–Kier alpha value is -1.82. The fourth-order valence-electron chi connectivity index (χ4n) is 1.88. The van der Waals surface area contributed by atoms with Crippen molar-refractivity contribution < 1.29 is 4.79 Å². The zero-order valence-corrected chi connectivity index (χ0v) is 14.4. The third-order valence-electron chi connectivity index (χ3n) is 3.09. The lowest BCUT2D eigenvalue weighted by atomic mass is 10.2. The molecular formula is C16H18Cl2N4O. The number of para-hydroxylation sites is 1. The van der Waals surface area contributed by atoms with Gasteiger partial charge in [-0.2, -0.15) is 0 Å². The van der Waals surface area contributed by atoms with Gasteiger partial charge in [-0.05, 0) is 38.4 Å². The number of nitrogens with one attached hydrogen (secondary N) is 2. The quantitative estimate of drug-likeness (QED) is 0.833. The van der Waals surface area contributed by atoms with Crippen LogP contribution in [0.15, 0.2) is 36.5 Å². The Bertz CT molecular complexity index is 671. The SMILES string of the molecule is CN(C)CCNc1cc(C(=O)Nc2c(Cl)cccc2Cl)ccn1. The minimum atomic E-state index is -0.293. The van der Waals surface area contributed by atoms with Gasteiger partial charge in [-0.15, -0.1) is 0 Å². The van der Waals surface area contributed by atoms with Gasteiger partial charge >= 0.3 is 0 Å². The van der Waals surface area contributed by atoms with E-state index in [1.54, 1.807) is 36.5 Å². The number of aromatic nitrogens is 1. The molecule has 0 spiro atoms. The van der Waals surface area contributed by atoms with Gasteiger partial charge < -0.3 is 15.5 Å². The third-order valence-corrected chi connectivity index (χ3v) is 3.72. The molecule has 122 valence electrons. The number of carbonyl (C=O) groups excluding carboxylic acids is 1. The second-order valence-corrected chi connectivity index (χ2v) is 6.02. The van der Waals surface area contributed by atoms with Crippen LogP contribution < -0.4 is 10.6 Å². The maximum atomic E-state index is 12.4. The molecule has 1 heterocycles. The summed E-state index contributed by atoms with van der Waals surface area (Å²) in [6.45, 7) is 1.61. The molecule has 5 nitrogen and oxygen atoms in total. The van der Waals surface area contributed by atoms with E-state index < -0.39 is 0 Å². The minimum absolute atomic E-state index is 0.293. The summed E-state index contributed by atoms with van der Waals surface area (Å²) in [6, 6.07) is 8.39. The normalized spacial score (nSPS) is 10.7. The lowest BCUT2D eigenvalue weighted by Crippen LogP contribution is -2.21. The van der Waals surface area contributed by atoms with Gasteiger partial charge in [0.05, 0.1) is 15.7 Å². The summed E-state index contributed by atoms with van der Waals surface area (Å²) in [7, 11) is 3.98. The molecule has 0 aliphatic carbocycles. The van der Waals surface area contributed by atoms with Crippen molar-refractivity contribution in [2.75, 3.05) is 37.8 Å². The van der Waals surface area contributed by atoms with E-state index in [1.807, 2.05) is 14.1 Å². The predicted octanol–water partition coefficient (Wildman–Crippen LogP) is 3.61. The fraction of sp³-hybridized carbons (Fsp3) is 0.250.